The summed E-state index contributed by atoms with van der Waals surface area (Å²) in [4.78, 5) is 35.6. The lowest BCUT2D eigenvalue weighted by Crippen LogP contribution is -2.44. The molecule has 1 aromatic rings. The van der Waals surface area contributed by atoms with Gasteiger partial charge < -0.3 is 19.5 Å². The molecule has 6 atom stereocenters. The highest BCUT2D eigenvalue weighted by Gasteiger charge is 2.32. The van der Waals surface area contributed by atoms with Gasteiger partial charge in [0, 0.05) is 13.1 Å². The van der Waals surface area contributed by atoms with Crippen LogP contribution in [-0.4, -0.2) is 45.6 Å². The van der Waals surface area contributed by atoms with Gasteiger partial charge in [-0.25, -0.2) is 4.79 Å². The zero-order chi connectivity index (χ0) is 27.0. The average Bonchev–Trinajstić information content (AvgIpc) is 2.79. The summed E-state index contributed by atoms with van der Waals surface area (Å²) < 4.78 is 21.8. The highest BCUT2D eigenvalue weighted by Crippen LogP contribution is 2.37. The summed E-state index contributed by atoms with van der Waals surface area (Å²) in [5.74, 6) is -0.377. The Morgan fingerprint density at radius 3 is 2.39 bits per heavy atom. The number of carbonyl (C=O) groups excluding carboxylic acids is 2. The van der Waals surface area contributed by atoms with E-state index in [1.54, 1.807) is 39.0 Å². The van der Waals surface area contributed by atoms with Crippen molar-refractivity contribution < 1.29 is 33.6 Å². The number of halogens is 2. The summed E-state index contributed by atoms with van der Waals surface area (Å²) >= 11 is 12.2. The number of amides is 1. The SMILES string of the molecule is CC(OC(=O)C(C)C)OC(=O)N(C(O)CCC1CCCC(C[PH](=O)O)C1)[C@H](C)c1ccc(Cl)c(Cl)c1. The number of hydrogen-bond donors (Lipinski definition) is 2. The fraction of sp³-hybridized carbons (Fsp3) is 0.680. The van der Waals surface area contributed by atoms with Crippen LogP contribution in [0.4, 0.5) is 4.79 Å². The normalized spacial score (nSPS) is 21.4. The van der Waals surface area contributed by atoms with Gasteiger partial charge in [-0.3, -0.25) is 14.3 Å². The standard InChI is InChI=1S/C25H38Cl2NO7P/c1-15(2)24(30)34-17(4)35-25(31)28(16(3)20-9-10-21(26)22(27)13-20)23(29)11-8-18-6-5-7-19(12-18)14-36(32)33/h9-10,13,15-19,23,29,36H,5-8,11-12,14H2,1-4H3,(H,32,33)/t16-,17?,18?,19?,23?/m1/s1. The van der Waals surface area contributed by atoms with Crippen LogP contribution in [0.15, 0.2) is 18.2 Å². The molecule has 1 amide bonds. The highest BCUT2D eigenvalue weighted by atomic mass is 35.5. The van der Waals surface area contributed by atoms with Crippen LogP contribution in [0.25, 0.3) is 0 Å². The Bertz CT molecular complexity index is 916. The summed E-state index contributed by atoms with van der Waals surface area (Å²) in [5.41, 5.74) is 0.651. The first-order valence-corrected chi connectivity index (χ1v) is 14.7. The lowest BCUT2D eigenvalue weighted by Gasteiger charge is -2.35. The Kier molecular flexibility index (Phi) is 12.5. The third-order valence-electron chi connectivity index (χ3n) is 6.58. The molecule has 0 heterocycles. The van der Waals surface area contributed by atoms with E-state index in [-0.39, 0.29) is 11.8 Å². The van der Waals surface area contributed by atoms with Gasteiger partial charge >= 0.3 is 12.1 Å². The molecule has 0 aliphatic heterocycles. The minimum absolute atomic E-state index is 0.213. The molecule has 1 fully saturated rings. The van der Waals surface area contributed by atoms with Crippen molar-refractivity contribution in [3.8, 4) is 0 Å². The lowest BCUT2D eigenvalue weighted by atomic mass is 9.80. The van der Waals surface area contributed by atoms with Crippen LogP contribution in [-0.2, 0) is 18.8 Å². The van der Waals surface area contributed by atoms with Crippen LogP contribution >= 0.6 is 31.2 Å². The van der Waals surface area contributed by atoms with E-state index in [9.17, 15) is 24.2 Å². The number of nitrogens with zero attached hydrogens (tertiary/aromatic N) is 1. The highest BCUT2D eigenvalue weighted by molar-refractivity contribution is 7.38. The Morgan fingerprint density at radius 1 is 1.11 bits per heavy atom. The van der Waals surface area contributed by atoms with E-state index < -0.39 is 38.7 Å². The number of aliphatic hydroxyl groups is 1. The predicted molar refractivity (Wildman–Crippen MR) is 140 cm³/mol. The van der Waals surface area contributed by atoms with Crippen LogP contribution < -0.4 is 0 Å². The van der Waals surface area contributed by atoms with E-state index in [0.717, 1.165) is 25.7 Å². The largest absolute Gasteiger partial charge is 0.425 e. The second-order valence-electron chi connectivity index (χ2n) is 9.85. The Labute approximate surface area is 224 Å². The van der Waals surface area contributed by atoms with Gasteiger partial charge in [0.15, 0.2) is 8.03 Å². The molecule has 0 saturated heterocycles. The van der Waals surface area contributed by atoms with Gasteiger partial charge in [0.2, 0.25) is 6.29 Å². The Morgan fingerprint density at radius 2 is 1.78 bits per heavy atom. The first-order valence-electron chi connectivity index (χ1n) is 12.4. The van der Waals surface area contributed by atoms with Gasteiger partial charge in [-0.05, 0) is 62.1 Å². The maximum Gasteiger partial charge on any atom is 0.415 e. The van der Waals surface area contributed by atoms with Crippen LogP contribution in [0.5, 0.6) is 0 Å². The number of carbonyl (C=O) groups is 2. The van der Waals surface area contributed by atoms with E-state index in [1.165, 1.54) is 11.8 Å². The van der Waals surface area contributed by atoms with Crippen molar-refractivity contribution in [1.29, 1.82) is 0 Å². The molecule has 1 aliphatic rings. The van der Waals surface area contributed by atoms with Crippen molar-refractivity contribution in [2.24, 2.45) is 17.8 Å². The summed E-state index contributed by atoms with van der Waals surface area (Å²) in [6, 6.07) is 4.35. The Balaban J connectivity index is 2.14. The molecule has 1 aromatic carbocycles. The van der Waals surface area contributed by atoms with Crippen molar-refractivity contribution in [3.63, 3.8) is 0 Å². The molecule has 204 valence electrons. The monoisotopic (exact) mass is 565 g/mol. The third-order valence-corrected chi connectivity index (χ3v) is 8.25. The quantitative estimate of drug-likeness (QED) is 0.181. The first kappa shape index (κ1) is 30.9. The van der Waals surface area contributed by atoms with Gasteiger partial charge in [0.25, 0.3) is 0 Å². The minimum Gasteiger partial charge on any atom is -0.425 e. The van der Waals surface area contributed by atoms with Crippen LogP contribution in [0.3, 0.4) is 0 Å². The smallest absolute Gasteiger partial charge is 0.415 e. The molecule has 11 heteroatoms. The second-order valence-corrected chi connectivity index (χ2v) is 11.9. The number of rotatable bonds is 11. The number of aliphatic hydroxyl groups excluding tert-OH is 1. The molecular weight excluding hydrogens is 528 g/mol. The van der Waals surface area contributed by atoms with Gasteiger partial charge in [-0.2, -0.15) is 0 Å². The van der Waals surface area contributed by atoms with Crippen LogP contribution in [0.1, 0.15) is 77.8 Å². The fourth-order valence-electron chi connectivity index (χ4n) is 4.62. The van der Waals surface area contributed by atoms with Gasteiger partial charge in [-0.1, -0.05) is 56.0 Å². The first-order chi connectivity index (χ1) is 16.9. The number of ether oxygens (including phenoxy) is 2. The average molecular weight is 566 g/mol. The topological polar surface area (TPSA) is 113 Å². The minimum atomic E-state index is -2.51. The van der Waals surface area contributed by atoms with Crippen molar-refractivity contribution in [2.75, 3.05) is 6.16 Å². The third kappa shape index (κ3) is 9.53. The molecule has 2 N–H and O–H groups in total. The summed E-state index contributed by atoms with van der Waals surface area (Å²) in [6.45, 7) is 6.54. The van der Waals surface area contributed by atoms with Crippen molar-refractivity contribution in [3.05, 3.63) is 33.8 Å². The molecule has 36 heavy (non-hydrogen) atoms. The molecule has 8 nitrogen and oxygen atoms in total. The summed E-state index contributed by atoms with van der Waals surface area (Å²) in [5, 5.41) is 11.8. The Hall–Kier alpha value is -1.31. The lowest BCUT2D eigenvalue weighted by molar-refractivity contribution is -0.171. The summed E-state index contributed by atoms with van der Waals surface area (Å²) in [6.07, 6.45) is 1.88. The maximum atomic E-state index is 13.2. The van der Waals surface area contributed by atoms with E-state index in [1.807, 2.05) is 0 Å². The molecule has 2 rings (SSSR count). The molecule has 1 aliphatic carbocycles. The van der Waals surface area contributed by atoms with Gasteiger partial charge in [0.1, 0.15) is 6.23 Å². The van der Waals surface area contributed by atoms with E-state index in [2.05, 4.69) is 0 Å². The van der Waals surface area contributed by atoms with E-state index >= 15 is 0 Å². The molecule has 1 saturated carbocycles. The summed E-state index contributed by atoms with van der Waals surface area (Å²) in [7, 11) is -2.51. The van der Waals surface area contributed by atoms with Crippen LogP contribution in [0, 0.1) is 17.8 Å². The van der Waals surface area contributed by atoms with Gasteiger partial charge in [-0.15, -0.1) is 0 Å². The molecule has 0 spiro atoms. The number of hydrogen-bond acceptors (Lipinski definition) is 6. The predicted octanol–water partition coefficient (Wildman–Crippen LogP) is 6.41. The molecule has 5 unspecified atom stereocenters. The number of benzene rings is 1. The molecular formula is C25H38Cl2NO7P. The second kappa shape index (κ2) is 14.6. The van der Waals surface area contributed by atoms with E-state index in [4.69, 9.17) is 32.7 Å². The van der Waals surface area contributed by atoms with Crippen molar-refractivity contribution in [1.82, 2.24) is 4.90 Å². The van der Waals surface area contributed by atoms with E-state index in [0.29, 0.717) is 40.5 Å². The zero-order valence-electron chi connectivity index (χ0n) is 21.3. The van der Waals surface area contributed by atoms with Crippen LogP contribution in [0.2, 0.25) is 10.0 Å². The van der Waals surface area contributed by atoms with Crippen molar-refractivity contribution in [2.45, 2.75) is 84.8 Å². The zero-order valence-corrected chi connectivity index (χ0v) is 23.8. The van der Waals surface area contributed by atoms with Gasteiger partial charge in [0.05, 0.1) is 22.0 Å². The van der Waals surface area contributed by atoms with Crippen molar-refractivity contribution >= 4 is 43.3 Å². The molecule has 0 aromatic heterocycles. The molecule has 0 bridgehead atoms. The fourth-order valence-corrected chi connectivity index (χ4v) is 5.79. The maximum absolute atomic E-state index is 13.2. The molecule has 0 radical (unpaired) electrons. The number of esters is 1.